The van der Waals surface area contributed by atoms with Gasteiger partial charge in [0.05, 0.1) is 5.92 Å². The Labute approximate surface area is 100 Å². The summed E-state index contributed by atoms with van der Waals surface area (Å²) in [7, 11) is 0. The van der Waals surface area contributed by atoms with Gasteiger partial charge >= 0.3 is 5.97 Å². The summed E-state index contributed by atoms with van der Waals surface area (Å²) in [6.45, 7) is 0. The van der Waals surface area contributed by atoms with Crippen LogP contribution in [0.2, 0.25) is 0 Å². The normalized spacial score (nSPS) is 18.2. The zero-order chi connectivity index (χ0) is 12.3. The zero-order valence-electron chi connectivity index (χ0n) is 9.73. The fraction of sp³-hybridized carbons (Fsp3) is 0.500. The molecule has 17 heavy (non-hydrogen) atoms. The number of halogens is 1. The van der Waals surface area contributed by atoms with Crippen molar-refractivity contribution in [2.24, 2.45) is 5.92 Å². The third-order valence-corrected chi connectivity index (χ3v) is 3.62. The minimum atomic E-state index is -0.915. The molecule has 1 aromatic carbocycles. The van der Waals surface area contributed by atoms with Gasteiger partial charge in [0.2, 0.25) is 0 Å². The van der Waals surface area contributed by atoms with Crippen LogP contribution in [0.5, 0.6) is 0 Å². The van der Waals surface area contributed by atoms with E-state index in [0.29, 0.717) is 17.9 Å². The van der Waals surface area contributed by atoms with Crippen molar-refractivity contribution in [1.29, 1.82) is 0 Å². The molecule has 3 heteroatoms. The molecule has 0 aliphatic heterocycles. The Morgan fingerprint density at radius 1 is 1.35 bits per heavy atom. The maximum Gasteiger partial charge on any atom is 0.311 e. The molecule has 0 bridgehead atoms. The van der Waals surface area contributed by atoms with Gasteiger partial charge in [0.25, 0.3) is 0 Å². The molecule has 0 aromatic heterocycles. The zero-order valence-corrected chi connectivity index (χ0v) is 9.73. The van der Waals surface area contributed by atoms with Gasteiger partial charge in [0.15, 0.2) is 0 Å². The molecule has 1 aliphatic rings. The molecule has 1 fully saturated rings. The predicted octanol–water partition coefficient (Wildman–Crippen LogP) is 3.57. The van der Waals surface area contributed by atoms with Gasteiger partial charge in [-0.3, -0.25) is 4.79 Å². The van der Waals surface area contributed by atoms with E-state index in [1.807, 2.05) is 0 Å². The maximum atomic E-state index is 13.6. The van der Waals surface area contributed by atoms with Crippen LogP contribution in [0.3, 0.4) is 0 Å². The van der Waals surface area contributed by atoms with Crippen molar-refractivity contribution < 1.29 is 14.3 Å². The summed E-state index contributed by atoms with van der Waals surface area (Å²) in [6, 6.07) is 6.21. The molecule has 92 valence electrons. The first-order chi connectivity index (χ1) is 8.18. The van der Waals surface area contributed by atoms with Gasteiger partial charge in [-0.1, -0.05) is 43.9 Å². The van der Waals surface area contributed by atoms with Crippen LogP contribution >= 0.6 is 0 Å². The first-order valence-corrected chi connectivity index (χ1v) is 6.15. The highest BCUT2D eigenvalue weighted by molar-refractivity contribution is 5.76. The lowest BCUT2D eigenvalue weighted by atomic mass is 9.88. The highest BCUT2D eigenvalue weighted by Crippen LogP contribution is 2.34. The molecule has 1 aromatic rings. The van der Waals surface area contributed by atoms with Crippen LogP contribution in [0.4, 0.5) is 4.39 Å². The molecule has 2 nitrogen and oxygen atoms in total. The molecule has 1 N–H and O–H groups in total. The fourth-order valence-electron chi connectivity index (χ4n) is 2.70. The van der Waals surface area contributed by atoms with E-state index in [-0.39, 0.29) is 0 Å². The van der Waals surface area contributed by atoms with E-state index in [0.717, 1.165) is 12.8 Å². The van der Waals surface area contributed by atoms with Gasteiger partial charge in [-0.2, -0.15) is 0 Å². The van der Waals surface area contributed by atoms with E-state index in [1.165, 1.54) is 18.9 Å². The van der Waals surface area contributed by atoms with E-state index in [2.05, 4.69) is 0 Å². The lowest BCUT2D eigenvalue weighted by Gasteiger charge is -2.17. The molecular formula is C14H17FO2. The van der Waals surface area contributed by atoms with Gasteiger partial charge in [-0.15, -0.1) is 0 Å². The lowest BCUT2D eigenvalue weighted by molar-refractivity contribution is -0.139. The third-order valence-electron chi connectivity index (χ3n) is 3.62. The highest BCUT2D eigenvalue weighted by atomic mass is 19.1. The largest absolute Gasteiger partial charge is 0.481 e. The van der Waals surface area contributed by atoms with Crippen molar-refractivity contribution in [3.8, 4) is 0 Å². The minimum Gasteiger partial charge on any atom is -0.481 e. The number of hydrogen-bond acceptors (Lipinski definition) is 1. The van der Waals surface area contributed by atoms with Crippen LogP contribution in [0.15, 0.2) is 24.3 Å². The summed E-state index contributed by atoms with van der Waals surface area (Å²) in [5.41, 5.74) is 0.326. The molecule has 1 aliphatic carbocycles. The summed E-state index contributed by atoms with van der Waals surface area (Å²) >= 11 is 0. The van der Waals surface area contributed by atoms with E-state index >= 15 is 0 Å². The van der Waals surface area contributed by atoms with Crippen LogP contribution in [-0.2, 0) is 4.79 Å². The lowest BCUT2D eigenvalue weighted by Crippen LogP contribution is -2.16. The van der Waals surface area contributed by atoms with Gasteiger partial charge in [0, 0.05) is 5.56 Å². The highest BCUT2D eigenvalue weighted by Gasteiger charge is 2.27. The van der Waals surface area contributed by atoms with Crippen molar-refractivity contribution in [1.82, 2.24) is 0 Å². The number of carboxylic acid groups (broad SMARTS) is 1. The standard InChI is InChI=1S/C14H17FO2/c15-13-8-4-3-7-11(13)12(14(16)17)9-10-5-1-2-6-10/h3-4,7-8,10,12H,1-2,5-6,9H2,(H,16,17). The quantitative estimate of drug-likeness (QED) is 0.867. The second kappa shape index (κ2) is 5.30. The number of carbonyl (C=O) groups is 1. The Kier molecular flexibility index (Phi) is 3.77. The Morgan fingerprint density at radius 2 is 2.00 bits per heavy atom. The van der Waals surface area contributed by atoms with Gasteiger partial charge in [-0.05, 0) is 18.4 Å². The predicted molar refractivity (Wildman–Crippen MR) is 63.4 cm³/mol. The van der Waals surface area contributed by atoms with Gasteiger partial charge in [0.1, 0.15) is 5.82 Å². The SMILES string of the molecule is O=C(O)C(CC1CCCC1)c1ccccc1F. The van der Waals surface area contributed by atoms with Crippen molar-refractivity contribution in [3.63, 3.8) is 0 Å². The van der Waals surface area contributed by atoms with Crippen molar-refractivity contribution in [2.75, 3.05) is 0 Å². The first-order valence-electron chi connectivity index (χ1n) is 6.15. The van der Waals surface area contributed by atoms with E-state index in [1.54, 1.807) is 18.2 Å². The molecule has 2 rings (SSSR count). The van der Waals surface area contributed by atoms with E-state index in [9.17, 15) is 14.3 Å². The summed E-state index contributed by atoms with van der Waals surface area (Å²) < 4.78 is 13.6. The fourth-order valence-corrected chi connectivity index (χ4v) is 2.70. The molecule has 0 amide bonds. The van der Waals surface area contributed by atoms with Crippen molar-refractivity contribution in [2.45, 2.75) is 38.0 Å². The second-order valence-corrected chi connectivity index (χ2v) is 4.80. The molecule has 1 saturated carbocycles. The average molecular weight is 236 g/mol. The first kappa shape index (κ1) is 12.1. The molecular weight excluding hydrogens is 219 g/mol. The minimum absolute atomic E-state index is 0.326. The Morgan fingerprint density at radius 3 is 2.59 bits per heavy atom. The van der Waals surface area contributed by atoms with Gasteiger partial charge in [-0.25, -0.2) is 4.39 Å². The van der Waals surface area contributed by atoms with Crippen LogP contribution < -0.4 is 0 Å². The van der Waals surface area contributed by atoms with Crippen LogP contribution in [0.1, 0.15) is 43.6 Å². The number of hydrogen-bond donors (Lipinski definition) is 1. The Hall–Kier alpha value is -1.38. The number of aliphatic carboxylic acids is 1. The third kappa shape index (κ3) is 2.84. The van der Waals surface area contributed by atoms with Crippen LogP contribution in [0, 0.1) is 11.7 Å². The van der Waals surface area contributed by atoms with Crippen molar-refractivity contribution >= 4 is 5.97 Å². The number of rotatable bonds is 4. The second-order valence-electron chi connectivity index (χ2n) is 4.80. The Balaban J connectivity index is 2.17. The monoisotopic (exact) mass is 236 g/mol. The van der Waals surface area contributed by atoms with Crippen LogP contribution in [0.25, 0.3) is 0 Å². The molecule has 0 saturated heterocycles. The number of benzene rings is 1. The molecule has 0 spiro atoms. The van der Waals surface area contributed by atoms with Crippen LogP contribution in [-0.4, -0.2) is 11.1 Å². The smallest absolute Gasteiger partial charge is 0.311 e. The molecule has 1 unspecified atom stereocenters. The summed E-state index contributed by atoms with van der Waals surface area (Å²) in [5, 5.41) is 9.24. The summed E-state index contributed by atoms with van der Waals surface area (Å²) in [5.74, 6) is -1.57. The molecule has 0 heterocycles. The summed E-state index contributed by atoms with van der Waals surface area (Å²) in [6.07, 6.45) is 5.08. The van der Waals surface area contributed by atoms with E-state index < -0.39 is 17.7 Å². The topological polar surface area (TPSA) is 37.3 Å². The van der Waals surface area contributed by atoms with Gasteiger partial charge < -0.3 is 5.11 Å². The average Bonchev–Trinajstić information content (AvgIpc) is 2.79. The molecule has 0 radical (unpaired) electrons. The maximum absolute atomic E-state index is 13.6. The Bertz CT molecular complexity index is 397. The summed E-state index contributed by atoms with van der Waals surface area (Å²) in [4.78, 5) is 11.3. The molecule has 1 atom stereocenters. The van der Waals surface area contributed by atoms with E-state index in [4.69, 9.17) is 0 Å². The number of carboxylic acids is 1. The van der Waals surface area contributed by atoms with Crippen molar-refractivity contribution in [3.05, 3.63) is 35.6 Å².